The molecule has 134 valence electrons. The maximum Gasteiger partial charge on any atom is 0.416 e. The zero-order valence-electron chi connectivity index (χ0n) is 13.2. The summed E-state index contributed by atoms with van der Waals surface area (Å²) in [5, 5.41) is 7.15. The van der Waals surface area contributed by atoms with Crippen LogP contribution in [0.3, 0.4) is 0 Å². The van der Waals surface area contributed by atoms with Gasteiger partial charge in [-0.3, -0.25) is 4.79 Å². The molecule has 3 N–H and O–H groups in total. The number of benzene rings is 1. The van der Waals surface area contributed by atoms with Gasteiger partial charge in [0.05, 0.1) is 11.6 Å². The number of rotatable bonds is 6. The van der Waals surface area contributed by atoms with Crippen LogP contribution in [0.15, 0.2) is 24.3 Å². The maximum atomic E-state index is 12.5. The standard InChI is InChI=1S/C15H19F4N3O2/c1-9(11-3-5-12(6-4-11)15(17,18)19)21-14(24)22-10(2)13(23)20-8-7-16/h3-6,9-10H,7-8H2,1-2H3,(H,20,23)(H2,21,22,24)/t9-,10+/m0/s1. The maximum absolute atomic E-state index is 12.5. The number of urea groups is 1. The Labute approximate surface area is 136 Å². The number of hydrogen-bond donors (Lipinski definition) is 3. The van der Waals surface area contributed by atoms with E-state index in [-0.39, 0.29) is 6.54 Å². The largest absolute Gasteiger partial charge is 0.416 e. The van der Waals surface area contributed by atoms with E-state index in [1.807, 2.05) is 0 Å². The third-order valence-corrected chi connectivity index (χ3v) is 3.22. The Morgan fingerprint density at radius 3 is 2.17 bits per heavy atom. The average Bonchev–Trinajstić information content (AvgIpc) is 2.51. The first kappa shape index (κ1) is 19.7. The van der Waals surface area contributed by atoms with E-state index >= 15 is 0 Å². The topological polar surface area (TPSA) is 70.2 Å². The molecular weight excluding hydrogens is 330 g/mol. The second kappa shape index (κ2) is 8.51. The summed E-state index contributed by atoms with van der Waals surface area (Å²) in [6.45, 7) is 2.16. The highest BCUT2D eigenvalue weighted by Crippen LogP contribution is 2.29. The van der Waals surface area contributed by atoms with Crippen LogP contribution >= 0.6 is 0 Å². The van der Waals surface area contributed by atoms with Gasteiger partial charge in [-0.05, 0) is 31.5 Å². The van der Waals surface area contributed by atoms with E-state index in [2.05, 4.69) is 16.0 Å². The minimum Gasteiger partial charge on any atom is -0.352 e. The van der Waals surface area contributed by atoms with Gasteiger partial charge in [0.25, 0.3) is 0 Å². The van der Waals surface area contributed by atoms with Crippen LogP contribution in [0.25, 0.3) is 0 Å². The van der Waals surface area contributed by atoms with Gasteiger partial charge >= 0.3 is 12.2 Å². The summed E-state index contributed by atoms with van der Waals surface area (Å²) < 4.78 is 49.4. The van der Waals surface area contributed by atoms with Crippen molar-refractivity contribution in [3.05, 3.63) is 35.4 Å². The zero-order chi connectivity index (χ0) is 18.3. The van der Waals surface area contributed by atoms with Crippen LogP contribution in [-0.4, -0.2) is 31.2 Å². The first-order valence-electron chi connectivity index (χ1n) is 7.23. The quantitative estimate of drug-likeness (QED) is 0.691. The molecule has 0 aliphatic heterocycles. The first-order chi connectivity index (χ1) is 11.1. The third kappa shape index (κ3) is 6.05. The molecule has 0 radical (unpaired) electrons. The number of nitrogens with one attached hydrogen (secondary N) is 3. The number of hydrogen-bond acceptors (Lipinski definition) is 2. The van der Waals surface area contributed by atoms with Gasteiger partial charge in [-0.25, -0.2) is 9.18 Å². The minimum absolute atomic E-state index is 0.144. The van der Waals surface area contributed by atoms with E-state index in [0.29, 0.717) is 5.56 Å². The number of amides is 3. The van der Waals surface area contributed by atoms with Gasteiger partial charge in [0, 0.05) is 6.54 Å². The van der Waals surface area contributed by atoms with Crippen LogP contribution in [0.2, 0.25) is 0 Å². The van der Waals surface area contributed by atoms with Gasteiger partial charge in [-0.15, -0.1) is 0 Å². The molecule has 0 aromatic heterocycles. The lowest BCUT2D eigenvalue weighted by Gasteiger charge is -2.18. The summed E-state index contributed by atoms with van der Waals surface area (Å²) in [5.74, 6) is -0.537. The molecule has 3 amide bonds. The van der Waals surface area contributed by atoms with Gasteiger partial charge < -0.3 is 16.0 Å². The minimum atomic E-state index is -4.42. The van der Waals surface area contributed by atoms with E-state index in [1.165, 1.54) is 19.1 Å². The van der Waals surface area contributed by atoms with Gasteiger partial charge in [-0.2, -0.15) is 13.2 Å². The highest BCUT2D eigenvalue weighted by atomic mass is 19.4. The Morgan fingerprint density at radius 1 is 1.08 bits per heavy atom. The van der Waals surface area contributed by atoms with Crippen LogP contribution in [0.4, 0.5) is 22.4 Å². The molecule has 9 heteroatoms. The predicted octanol–water partition coefficient (Wildman–Crippen LogP) is 2.54. The van der Waals surface area contributed by atoms with Crippen LogP contribution in [-0.2, 0) is 11.0 Å². The molecule has 5 nitrogen and oxygen atoms in total. The Hall–Kier alpha value is -2.32. The van der Waals surface area contributed by atoms with Crippen molar-refractivity contribution in [1.82, 2.24) is 16.0 Å². The van der Waals surface area contributed by atoms with Crippen molar-refractivity contribution in [1.29, 1.82) is 0 Å². The van der Waals surface area contributed by atoms with Gasteiger partial charge in [0.2, 0.25) is 5.91 Å². The predicted molar refractivity (Wildman–Crippen MR) is 80.0 cm³/mol. The van der Waals surface area contributed by atoms with Crippen molar-refractivity contribution < 1.29 is 27.2 Å². The van der Waals surface area contributed by atoms with Crippen molar-refractivity contribution in [2.75, 3.05) is 13.2 Å². The molecule has 0 fully saturated rings. The Kier molecular flexibility index (Phi) is 6.99. The lowest BCUT2D eigenvalue weighted by Crippen LogP contribution is -2.49. The van der Waals surface area contributed by atoms with Crippen molar-refractivity contribution in [2.45, 2.75) is 32.1 Å². The van der Waals surface area contributed by atoms with Crippen molar-refractivity contribution in [2.24, 2.45) is 0 Å². The van der Waals surface area contributed by atoms with E-state index < -0.39 is 42.4 Å². The summed E-state index contributed by atoms with van der Waals surface area (Å²) >= 11 is 0. The fourth-order valence-corrected chi connectivity index (χ4v) is 1.87. The Morgan fingerprint density at radius 2 is 1.67 bits per heavy atom. The van der Waals surface area contributed by atoms with Gasteiger partial charge in [0.1, 0.15) is 12.7 Å². The summed E-state index contributed by atoms with van der Waals surface area (Å²) in [5.41, 5.74) is -0.297. The first-order valence-corrected chi connectivity index (χ1v) is 7.23. The summed E-state index contributed by atoms with van der Waals surface area (Å²) in [6, 6.07) is 2.29. The van der Waals surface area contributed by atoms with Gasteiger partial charge in [0.15, 0.2) is 0 Å². The van der Waals surface area contributed by atoms with Crippen LogP contribution in [0.1, 0.15) is 31.0 Å². The monoisotopic (exact) mass is 349 g/mol. The average molecular weight is 349 g/mol. The van der Waals surface area contributed by atoms with E-state index in [4.69, 9.17) is 0 Å². The molecule has 0 aliphatic carbocycles. The molecule has 1 rings (SSSR count). The van der Waals surface area contributed by atoms with E-state index in [0.717, 1.165) is 12.1 Å². The normalized spacial score (nSPS) is 13.8. The molecular formula is C15H19F4N3O2. The lowest BCUT2D eigenvalue weighted by atomic mass is 10.1. The van der Waals surface area contributed by atoms with Crippen molar-refractivity contribution >= 4 is 11.9 Å². The molecule has 0 saturated carbocycles. The molecule has 24 heavy (non-hydrogen) atoms. The van der Waals surface area contributed by atoms with Crippen LogP contribution < -0.4 is 16.0 Å². The highest BCUT2D eigenvalue weighted by molar-refractivity contribution is 5.86. The zero-order valence-corrected chi connectivity index (χ0v) is 13.2. The molecule has 1 aromatic carbocycles. The molecule has 0 unspecified atom stereocenters. The molecule has 0 saturated heterocycles. The smallest absolute Gasteiger partial charge is 0.352 e. The van der Waals surface area contributed by atoms with Crippen LogP contribution in [0.5, 0.6) is 0 Å². The van der Waals surface area contributed by atoms with Crippen molar-refractivity contribution in [3.8, 4) is 0 Å². The molecule has 0 bridgehead atoms. The Balaban J connectivity index is 2.56. The second-order valence-corrected chi connectivity index (χ2v) is 5.16. The Bertz CT molecular complexity index is 561. The van der Waals surface area contributed by atoms with E-state index in [9.17, 15) is 27.2 Å². The fraction of sp³-hybridized carbons (Fsp3) is 0.467. The van der Waals surface area contributed by atoms with Gasteiger partial charge in [-0.1, -0.05) is 12.1 Å². The molecule has 0 aliphatic rings. The summed E-state index contributed by atoms with van der Waals surface area (Å²) in [6.07, 6.45) is -4.42. The SMILES string of the molecule is C[C@H](NC(=O)N[C@H](C)C(=O)NCCF)c1ccc(C(F)(F)F)cc1. The van der Waals surface area contributed by atoms with Crippen LogP contribution in [0, 0.1) is 0 Å². The van der Waals surface area contributed by atoms with Crippen molar-refractivity contribution in [3.63, 3.8) is 0 Å². The lowest BCUT2D eigenvalue weighted by molar-refractivity contribution is -0.137. The fourth-order valence-electron chi connectivity index (χ4n) is 1.87. The molecule has 2 atom stereocenters. The summed E-state index contributed by atoms with van der Waals surface area (Å²) in [7, 11) is 0. The summed E-state index contributed by atoms with van der Waals surface area (Å²) in [4.78, 5) is 23.3. The number of carbonyl (C=O) groups excluding carboxylic acids is 2. The molecule has 1 aromatic rings. The second-order valence-electron chi connectivity index (χ2n) is 5.16. The third-order valence-electron chi connectivity index (χ3n) is 3.22. The molecule has 0 heterocycles. The molecule has 0 spiro atoms. The number of halogens is 4. The van der Waals surface area contributed by atoms with E-state index in [1.54, 1.807) is 6.92 Å². The highest BCUT2D eigenvalue weighted by Gasteiger charge is 2.30. The number of alkyl halides is 4. The number of carbonyl (C=O) groups is 2.